The zero-order valence-corrected chi connectivity index (χ0v) is 42.6. The van der Waals surface area contributed by atoms with E-state index in [1.54, 1.807) is 0 Å². The van der Waals surface area contributed by atoms with Crippen LogP contribution in [0.25, 0.3) is 95.3 Å². The number of fused-ring (bicyclic) bond motifs is 16. The summed E-state index contributed by atoms with van der Waals surface area (Å²) in [7, 11) is 0. The van der Waals surface area contributed by atoms with Gasteiger partial charge >= 0.3 is 0 Å². The third-order valence-corrected chi connectivity index (χ3v) is 17.4. The fourth-order valence-corrected chi connectivity index (χ4v) is 14.1. The van der Waals surface area contributed by atoms with Crippen LogP contribution in [0.3, 0.4) is 0 Å². The van der Waals surface area contributed by atoms with Crippen LogP contribution in [0.5, 0.6) is 0 Å². The third kappa shape index (κ3) is 6.04. The molecule has 7 heteroatoms. The van der Waals surface area contributed by atoms with Crippen molar-refractivity contribution in [3.05, 3.63) is 236 Å². The molecule has 362 valence electrons. The minimum atomic E-state index is -1.51. The molecular formula is C70H47BN4S2. The average molecular weight is 1040 g/mol. The SMILES string of the molecule is [2H]c1c([2H])c(-n2c3c([2H])c([2H])c([2H])c([2H])c3c3c([2H])c([2H])c([2H])c([2H])c32)c([2H])c2c1B1c3c(cc(C(C)(C)C)cc3N(c3cccc4sc5ccccc5c34)c3c([2H])c(-n4c5c([2H])c([2H])c([2H])c([2H])c5c5c([2H])c([2H])c([2H])c([2H])c54)c([2H])c([2H])c31)N2c1cccc2sc3ccccc3c12. The highest BCUT2D eigenvalue weighted by molar-refractivity contribution is 7.26. The van der Waals surface area contributed by atoms with Crippen molar-refractivity contribution in [2.45, 2.75) is 26.2 Å². The molecule has 2 aliphatic heterocycles. The first kappa shape index (κ1) is 27.3. The van der Waals surface area contributed by atoms with E-state index < -0.39 is 179 Å². The van der Waals surface area contributed by atoms with E-state index in [1.165, 1.54) is 22.7 Å². The second kappa shape index (κ2) is 15.8. The molecule has 0 fully saturated rings. The van der Waals surface area contributed by atoms with E-state index in [-0.39, 0.29) is 43.8 Å². The van der Waals surface area contributed by atoms with Gasteiger partial charge in [-0.25, -0.2) is 0 Å². The van der Waals surface area contributed by atoms with Gasteiger partial charge in [-0.3, -0.25) is 0 Å². The quantitative estimate of drug-likeness (QED) is 0.163. The lowest BCUT2D eigenvalue weighted by Crippen LogP contribution is -2.61. The van der Waals surface area contributed by atoms with Gasteiger partial charge in [0.05, 0.1) is 63.6 Å². The summed E-state index contributed by atoms with van der Waals surface area (Å²) in [4.78, 5) is 3.65. The van der Waals surface area contributed by atoms with Crippen LogP contribution in [0.15, 0.2) is 230 Å². The molecule has 0 saturated heterocycles. The topological polar surface area (TPSA) is 16.3 Å². The molecule has 6 heterocycles. The highest BCUT2D eigenvalue weighted by Crippen LogP contribution is 2.52. The number of hydrogen-bond acceptors (Lipinski definition) is 4. The van der Waals surface area contributed by atoms with E-state index >= 15 is 0 Å². The maximum Gasteiger partial charge on any atom is 0.252 e. The molecular weight excluding hydrogens is 972 g/mol. The average Bonchev–Trinajstić information content (AvgIpc) is 1.31. The van der Waals surface area contributed by atoms with Gasteiger partial charge in [0.15, 0.2) is 0 Å². The van der Waals surface area contributed by atoms with Crippen molar-refractivity contribution in [1.82, 2.24) is 9.13 Å². The summed E-state index contributed by atoms with van der Waals surface area (Å²) in [5.41, 5.74) is -1.08. The fraction of sp³-hybridized carbons (Fsp3) is 0.0571. The Labute approximate surface area is 484 Å². The van der Waals surface area contributed by atoms with Crippen LogP contribution in [-0.4, -0.2) is 15.8 Å². The predicted molar refractivity (Wildman–Crippen MR) is 334 cm³/mol. The summed E-state index contributed by atoms with van der Waals surface area (Å²) in [6.07, 6.45) is 0. The Morgan fingerprint density at radius 3 is 1.19 bits per heavy atom. The second-order valence-electron chi connectivity index (χ2n) is 20.3. The Morgan fingerprint density at radius 2 is 0.779 bits per heavy atom. The normalized spacial score (nSPS) is 17.3. The molecule has 0 saturated carbocycles. The molecule has 0 atom stereocenters. The summed E-state index contributed by atoms with van der Waals surface area (Å²) in [5, 5.41) is 1.72. The van der Waals surface area contributed by atoms with Crippen molar-refractivity contribution >= 4 is 164 Å². The summed E-state index contributed by atoms with van der Waals surface area (Å²) in [6.45, 7) is 4.50. The van der Waals surface area contributed by atoms with Crippen molar-refractivity contribution in [2.24, 2.45) is 0 Å². The van der Waals surface area contributed by atoms with Crippen molar-refractivity contribution in [2.75, 3.05) is 9.80 Å². The molecule has 0 radical (unpaired) electrons. The third-order valence-electron chi connectivity index (χ3n) is 15.2. The van der Waals surface area contributed by atoms with Gasteiger partial charge in [0.1, 0.15) is 0 Å². The molecule has 0 amide bonds. The smallest absolute Gasteiger partial charge is 0.252 e. The number of rotatable bonds is 4. The number of para-hydroxylation sites is 4. The van der Waals surface area contributed by atoms with Gasteiger partial charge in [-0.1, -0.05) is 154 Å². The van der Waals surface area contributed by atoms with Gasteiger partial charge in [0.25, 0.3) is 6.71 Å². The molecule has 0 spiro atoms. The first-order chi connectivity index (χ1) is 47.0. The molecule has 77 heavy (non-hydrogen) atoms. The number of hydrogen-bond donors (Lipinski definition) is 0. The van der Waals surface area contributed by atoms with Gasteiger partial charge in [-0.2, -0.15) is 0 Å². The Kier molecular flexibility index (Phi) is 5.61. The Morgan fingerprint density at radius 1 is 0.390 bits per heavy atom. The van der Waals surface area contributed by atoms with Crippen molar-refractivity contribution in [3.8, 4) is 11.4 Å². The fourth-order valence-electron chi connectivity index (χ4n) is 11.9. The van der Waals surface area contributed by atoms with Crippen LogP contribution < -0.4 is 26.2 Å². The van der Waals surface area contributed by atoms with Gasteiger partial charge in [-0.05, 0) is 124 Å². The van der Waals surface area contributed by atoms with Crippen molar-refractivity contribution in [3.63, 3.8) is 0 Å². The zero-order valence-electron chi connectivity index (χ0n) is 62.9. The summed E-state index contributed by atoms with van der Waals surface area (Å²) >= 11 is 3.02. The van der Waals surface area contributed by atoms with Crippen LogP contribution in [-0.2, 0) is 5.41 Å². The molecule has 0 bridgehead atoms. The van der Waals surface area contributed by atoms with Crippen molar-refractivity contribution < 1.29 is 30.2 Å². The monoisotopic (exact) mass is 1040 g/mol. The first-order valence-electron chi connectivity index (χ1n) is 35.9. The number of anilines is 6. The summed E-state index contributed by atoms with van der Waals surface area (Å²) in [5.74, 6) is 0. The maximum atomic E-state index is 11.2. The van der Waals surface area contributed by atoms with E-state index in [0.717, 1.165) is 38.7 Å². The van der Waals surface area contributed by atoms with Gasteiger partial charge in [-0.15, -0.1) is 22.7 Å². The molecule has 4 nitrogen and oxygen atoms in total. The first-order valence-corrected chi connectivity index (χ1v) is 26.5. The van der Waals surface area contributed by atoms with Crippen LogP contribution in [0.1, 0.15) is 56.5 Å². The van der Waals surface area contributed by atoms with Crippen LogP contribution in [0.4, 0.5) is 34.1 Å². The van der Waals surface area contributed by atoms with Crippen molar-refractivity contribution in [1.29, 1.82) is 0 Å². The van der Waals surface area contributed by atoms with Gasteiger partial charge in [0, 0.05) is 96.0 Å². The molecule has 0 aliphatic carbocycles. The van der Waals surface area contributed by atoms with Gasteiger partial charge in [0.2, 0.25) is 0 Å². The summed E-state index contributed by atoms with van der Waals surface area (Å²) < 4.78 is 218. The lowest BCUT2D eigenvalue weighted by molar-refractivity contribution is 0.590. The highest BCUT2D eigenvalue weighted by Gasteiger charge is 2.45. The van der Waals surface area contributed by atoms with E-state index in [1.807, 2.05) is 128 Å². The number of nitrogens with zero attached hydrogens (tertiary/aromatic N) is 4. The number of thiophene rings is 2. The molecule has 17 rings (SSSR count). The standard InChI is InChI=1S/C70H47BN4S2/c1-70(2,3)42-38-61-69-62(39-42)75(58-29-17-33-66-68(58)50-23-9-15-31-64(50)77-66)60-41-44(73-55-26-12-6-20-47(55)48-21-7-13-27-56(48)73)35-37-52(60)71(69)51-36-34-43(72-53-24-10-4-18-45(53)46-19-5-11-25-54(46)72)40-59(51)74(61)57-28-16-32-65-67(57)49-22-8-14-30-63(49)76-65/h4-41H,1-3H3/i4D,5D,6D,7D,10D,11D,12D,13D,18D,19D,20D,21D,24D,25D,26D,27D,34D,35D,36D,37D,40D,41D. The molecule has 11 aromatic carbocycles. The van der Waals surface area contributed by atoms with Crippen LogP contribution in [0.2, 0.25) is 0 Å². The Hall–Kier alpha value is -8.88. The molecule has 0 unspecified atom stereocenters. The lowest BCUT2D eigenvalue weighted by atomic mass is 9.33. The van der Waals surface area contributed by atoms with Crippen LogP contribution in [0, 0.1) is 0 Å². The maximum absolute atomic E-state index is 11.2. The molecule has 4 aromatic heterocycles. The summed E-state index contributed by atoms with van der Waals surface area (Å²) in [6, 6.07) is 15.6. The second-order valence-corrected chi connectivity index (χ2v) is 22.5. The van der Waals surface area contributed by atoms with E-state index in [2.05, 4.69) is 0 Å². The predicted octanol–water partition coefficient (Wildman–Crippen LogP) is 18.0. The Bertz CT molecular complexity index is 5840. The highest BCUT2D eigenvalue weighted by atomic mass is 32.1. The van der Waals surface area contributed by atoms with Gasteiger partial charge < -0.3 is 18.9 Å². The zero-order chi connectivity index (χ0) is 70.0. The van der Waals surface area contributed by atoms with E-state index in [4.69, 9.17) is 11.0 Å². The Balaban J connectivity index is 1.12. The minimum absolute atomic E-state index is 0.104. The minimum Gasteiger partial charge on any atom is -0.311 e. The largest absolute Gasteiger partial charge is 0.311 e. The molecule has 2 aliphatic rings. The molecule has 0 N–H and O–H groups in total. The van der Waals surface area contributed by atoms with Crippen LogP contribution >= 0.6 is 22.7 Å². The number of benzene rings is 11. The number of aromatic nitrogens is 2. The van der Waals surface area contributed by atoms with E-state index in [0.29, 0.717) is 44.5 Å². The van der Waals surface area contributed by atoms with E-state index in [9.17, 15) is 19.2 Å². The molecule has 15 aromatic rings. The lowest BCUT2D eigenvalue weighted by Gasteiger charge is -2.45.